The first-order chi connectivity index (χ1) is 8.55. The van der Waals surface area contributed by atoms with Crippen molar-refractivity contribution in [3.05, 3.63) is 5.82 Å². The summed E-state index contributed by atoms with van der Waals surface area (Å²) in [5, 5.41) is 9.25. The third kappa shape index (κ3) is 3.05. The number of nitrogens with zero attached hydrogens (tertiary/aromatic N) is 3. The molecule has 1 aromatic heterocycles. The molecule has 0 radical (unpaired) electrons. The smallest absolute Gasteiger partial charge is 0.191 e. The Hall–Kier alpha value is -0.590. The topological polar surface area (TPSA) is 66.0 Å². The van der Waals surface area contributed by atoms with E-state index in [0.29, 0.717) is 12.6 Å². The lowest BCUT2D eigenvalue weighted by atomic mass is 10.1. The van der Waals surface area contributed by atoms with Gasteiger partial charge in [0.05, 0.1) is 18.2 Å². The molecule has 0 saturated carbocycles. The number of hydrogen-bond acceptors (Lipinski definition) is 5. The molecule has 6 heteroatoms. The van der Waals surface area contributed by atoms with E-state index in [9.17, 15) is 0 Å². The Morgan fingerprint density at radius 1 is 1.50 bits per heavy atom. The molecular formula is C12H22N4OS. The molecule has 102 valence electrons. The highest BCUT2D eigenvalue weighted by Crippen LogP contribution is 2.32. The van der Waals surface area contributed by atoms with E-state index in [1.165, 1.54) is 0 Å². The lowest BCUT2D eigenvalue weighted by Gasteiger charge is -2.18. The van der Waals surface area contributed by atoms with Gasteiger partial charge in [-0.3, -0.25) is 0 Å². The third-order valence-corrected chi connectivity index (χ3v) is 4.34. The molecular weight excluding hydrogens is 248 g/mol. The highest BCUT2D eigenvalue weighted by atomic mass is 32.2. The Kier molecular flexibility index (Phi) is 4.29. The number of thioether (sulfide) groups is 1. The lowest BCUT2D eigenvalue weighted by molar-refractivity contribution is -0.00469. The van der Waals surface area contributed by atoms with Crippen LogP contribution in [0.1, 0.15) is 39.4 Å². The van der Waals surface area contributed by atoms with E-state index in [1.54, 1.807) is 11.8 Å². The standard InChI is InChI=1S/C12H22N4OS/c1-4-16-10(7-13)14-15-11(16)18-8-9-5-6-12(2,3)17-9/h9H,4-8,13H2,1-3H3. The van der Waals surface area contributed by atoms with Crippen LogP contribution in [-0.4, -0.2) is 32.2 Å². The molecule has 1 unspecified atom stereocenters. The zero-order valence-electron chi connectivity index (χ0n) is 11.3. The van der Waals surface area contributed by atoms with Crippen LogP contribution in [0.4, 0.5) is 0 Å². The largest absolute Gasteiger partial charge is 0.371 e. The van der Waals surface area contributed by atoms with Crippen LogP contribution in [0.25, 0.3) is 0 Å². The first-order valence-electron chi connectivity index (χ1n) is 6.48. The maximum atomic E-state index is 5.97. The molecule has 0 aliphatic carbocycles. The van der Waals surface area contributed by atoms with Gasteiger partial charge in [-0.25, -0.2) is 0 Å². The molecule has 5 nitrogen and oxygen atoms in total. The second-order valence-electron chi connectivity index (χ2n) is 5.20. The van der Waals surface area contributed by atoms with Gasteiger partial charge in [-0.15, -0.1) is 10.2 Å². The van der Waals surface area contributed by atoms with Crippen molar-refractivity contribution in [2.75, 3.05) is 5.75 Å². The Balaban J connectivity index is 1.93. The second kappa shape index (κ2) is 5.59. The first kappa shape index (κ1) is 13.8. The molecule has 2 heterocycles. The number of rotatable bonds is 5. The Morgan fingerprint density at radius 3 is 2.83 bits per heavy atom. The van der Waals surface area contributed by atoms with Crippen LogP contribution in [0.2, 0.25) is 0 Å². The van der Waals surface area contributed by atoms with Gasteiger partial charge in [0.15, 0.2) is 5.16 Å². The average Bonchev–Trinajstić information content (AvgIpc) is 2.88. The van der Waals surface area contributed by atoms with Crippen LogP contribution >= 0.6 is 11.8 Å². The summed E-state index contributed by atoms with van der Waals surface area (Å²) in [4.78, 5) is 0. The van der Waals surface area contributed by atoms with Gasteiger partial charge >= 0.3 is 0 Å². The van der Waals surface area contributed by atoms with Crippen molar-refractivity contribution < 1.29 is 4.74 Å². The molecule has 2 rings (SSSR count). The van der Waals surface area contributed by atoms with Crippen LogP contribution in [0.5, 0.6) is 0 Å². The summed E-state index contributed by atoms with van der Waals surface area (Å²) >= 11 is 1.71. The number of nitrogens with two attached hydrogens (primary N) is 1. The normalized spacial score (nSPS) is 22.6. The third-order valence-electron chi connectivity index (χ3n) is 3.24. The van der Waals surface area contributed by atoms with Crippen LogP contribution in [0.3, 0.4) is 0 Å². The molecule has 0 bridgehead atoms. The summed E-state index contributed by atoms with van der Waals surface area (Å²) in [6.45, 7) is 7.69. The molecule has 1 aromatic rings. The fourth-order valence-corrected chi connectivity index (χ4v) is 3.32. The van der Waals surface area contributed by atoms with Gasteiger partial charge < -0.3 is 15.0 Å². The first-order valence-corrected chi connectivity index (χ1v) is 7.47. The summed E-state index contributed by atoms with van der Waals surface area (Å²) in [7, 11) is 0. The molecule has 1 aliphatic heterocycles. The Bertz CT molecular complexity index is 405. The van der Waals surface area contributed by atoms with E-state index >= 15 is 0 Å². The fourth-order valence-electron chi connectivity index (χ4n) is 2.26. The minimum absolute atomic E-state index is 0.0338. The zero-order chi connectivity index (χ0) is 13.2. The molecule has 0 aromatic carbocycles. The van der Waals surface area contributed by atoms with Crippen LogP contribution in [0, 0.1) is 0 Å². The minimum Gasteiger partial charge on any atom is -0.371 e. The quantitative estimate of drug-likeness (QED) is 0.827. The summed E-state index contributed by atoms with van der Waals surface area (Å²) in [6.07, 6.45) is 2.59. The van der Waals surface area contributed by atoms with Crippen LogP contribution in [0.15, 0.2) is 5.16 Å². The monoisotopic (exact) mass is 270 g/mol. The van der Waals surface area contributed by atoms with Crippen molar-refractivity contribution in [2.24, 2.45) is 5.73 Å². The van der Waals surface area contributed by atoms with Gasteiger partial charge in [-0.2, -0.15) is 0 Å². The van der Waals surface area contributed by atoms with E-state index in [-0.39, 0.29) is 5.60 Å². The predicted molar refractivity (Wildman–Crippen MR) is 72.5 cm³/mol. The van der Waals surface area contributed by atoms with Gasteiger partial charge in [0.1, 0.15) is 5.82 Å². The molecule has 18 heavy (non-hydrogen) atoms. The van der Waals surface area contributed by atoms with E-state index < -0.39 is 0 Å². The van der Waals surface area contributed by atoms with Gasteiger partial charge in [0.2, 0.25) is 0 Å². The zero-order valence-corrected chi connectivity index (χ0v) is 12.2. The van der Waals surface area contributed by atoms with Gasteiger partial charge in [0.25, 0.3) is 0 Å². The Morgan fingerprint density at radius 2 is 2.28 bits per heavy atom. The van der Waals surface area contributed by atoms with Crippen molar-refractivity contribution >= 4 is 11.8 Å². The lowest BCUT2D eigenvalue weighted by Crippen LogP contribution is -2.21. The molecule has 1 aliphatic rings. The van der Waals surface area contributed by atoms with Crippen molar-refractivity contribution in [2.45, 2.75) is 63.6 Å². The van der Waals surface area contributed by atoms with E-state index in [4.69, 9.17) is 10.5 Å². The van der Waals surface area contributed by atoms with Gasteiger partial charge in [0, 0.05) is 12.3 Å². The maximum absolute atomic E-state index is 5.97. The SMILES string of the molecule is CCn1c(CN)nnc1SCC1CCC(C)(C)O1. The minimum atomic E-state index is 0.0338. The molecule has 0 amide bonds. The van der Waals surface area contributed by atoms with Crippen molar-refractivity contribution in [3.8, 4) is 0 Å². The van der Waals surface area contributed by atoms with Crippen molar-refractivity contribution in [1.29, 1.82) is 0 Å². The van der Waals surface area contributed by atoms with Crippen LogP contribution in [-0.2, 0) is 17.8 Å². The number of ether oxygens (including phenoxy) is 1. The Labute approximate surface area is 112 Å². The molecule has 2 N–H and O–H groups in total. The van der Waals surface area contributed by atoms with Crippen molar-refractivity contribution in [3.63, 3.8) is 0 Å². The van der Waals surface area contributed by atoms with E-state index in [1.807, 2.05) is 0 Å². The summed E-state index contributed by atoms with van der Waals surface area (Å²) in [5.74, 6) is 1.79. The summed E-state index contributed by atoms with van der Waals surface area (Å²) in [5.41, 5.74) is 5.67. The summed E-state index contributed by atoms with van der Waals surface area (Å²) < 4.78 is 8.05. The second-order valence-corrected chi connectivity index (χ2v) is 6.18. The maximum Gasteiger partial charge on any atom is 0.191 e. The van der Waals surface area contributed by atoms with Gasteiger partial charge in [-0.05, 0) is 33.6 Å². The predicted octanol–water partition coefficient (Wildman–Crippen LogP) is 1.81. The van der Waals surface area contributed by atoms with Crippen LogP contribution < -0.4 is 5.73 Å². The average molecular weight is 270 g/mol. The fraction of sp³-hybridized carbons (Fsp3) is 0.833. The highest BCUT2D eigenvalue weighted by Gasteiger charge is 2.31. The molecule has 1 fully saturated rings. The molecule has 0 spiro atoms. The highest BCUT2D eigenvalue weighted by molar-refractivity contribution is 7.99. The van der Waals surface area contributed by atoms with E-state index in [0.717, 1.165) is 36.1 Å². The van der Waals surface area contributed by atoms with Crippen molar-refractivity contribution in [1.82, 2.24) is 14.8 Å². The number of aromatic nitrogens is 3. The van der Waals surface area contributed by atoms with E-state index in [2.05, 4.69) is 35.5 Å². The number of hydrogen-bond donors (Lipinski definition) is 1. The summed E-state index contributed by atoms with van der Waals surface area (Å²) in [6, 6.07) is 0. The molecule has 1 atom stereocenters. The van der Waals surface area contributed by atoms with Gasteiger partial charge in [-0.1, -0.05) is 11.8 Å². The molecule has 1 saturated heterocycles.